The van der Waals surface area contributed by atoms with Crippen LogP contribution >= 0.6 is 0 Å². The summed E-state index contributed by atoms with van der Waals surface area (Å²) in [5, 5.41) is 0. The maximum atomic E-state index is 4.13. The molecular formula is C8H13N. The smallest absolute Gasteiger partial charge is 0.0344 e. The third-order valence-corrected chi connectivity index (χ3v) is 1.69. The molecule has 1 rings (SSSR count). The highest BCUT2D eigenvalue weighted by molar-refractivity contribution is 5.95. The van der Waals surface area contributed by atoms with Crippen molar-refractivity contribution >= 4 is 5.71 Å². The standard InChI is InChI=1S/C8H13N/c1-7-4-3-5-8(6-7)9-2/h3,5,7H,4,6H2,1-2H3. The molecule has 1 aliphatic rings. The van der Waals surface area contributed by atoms with Gasteiger partial charge in [-0.1, -0.05) is 13.0 Å². The molecule has 0 amide bonds. The van der Waals surface area contributed by atoms with Crippen LogP contribution in [-0.2, 0) is 0 Å². The van der Waals surface area contributed by atoms with Gasteiger partial charge >= 0.3 is 0 Å². The lowest BCUT2D eigenvalue weighted by Gasteiger charge is -2.12. The summed E-state index contributed by atoms with van der Waals surface area (Å²) in [5.41, 5.74) is 1.24. The highest BCUT2D eigenvalue weighted by Gasteiger charge is 2.06. The second-order valence-electron chi connectivity index (χ2n) is 2.66. The SMILES string of the molecule is CN=C1C=CCC(C)C1. The van der Waals surface area contributed by atoms with Crippen LogP contribution in [-0.4, -0.2) is 12.8 Å². The lowest BCUT2D eigenvalue weighted by molar-refractivity contribution is 0.612. The van der Waals surface area contributed by atoms with Gasteiger partial charge in [-0.2, -0.15) is 0 Å². The molecule has 50 valence electrons. The van der Waals surface area contributed by atoms with Crippen molar-refractivity contribution in [3.8, 4) is 0 Å². The minimum atomic E-state index is 0.800. The molecule has 1 aliphatic carbocycles. The van der Waals surface area contributed by atoms with E-state index in [0.29, 0.717) is 0 Å². The average molecular weight is 123 g/mol. The largest absolute Gasteiger partial charge is 0.293 e. The van der Waals surface area contributed by atoms with Crippen molar-refractivity contribution in [2.75, 3.05) is 7.05 Å². The minimum Gasteiger partial charge on any atom is -0.293 e. The van der Waals surface area contributed by atoms with Crippen molar-refractivity contribution in [3.05, 3.63) is 12.2 Å². The second-order valence-corrected chi connectivity index (χ2v) is 2.66. The van der Waals surface area contributed by atoms with Gasteiger partial charge < -0.3 is 0 Å². The Hall–Kier alpha value is -0.590. The van der Waals surface area contributed by atoms with Crippen molar-refractivity contribution in [3.63, 3.8) is 0 Å². The van der Waals surface area contributed by atoms with E-state index < -0.39 is 0 Å². The number of hydrogen-bond donors (Lipinski definition) is 0. The first-order valence-corrected chi connectivity index (χ1v) is 3.45. The normalized spacial score (nSPS) is 31.3. The summed E-state index contributed by atoms with van der Waals surface area (Å²) in [7, 11) is 1.86. The van der Waals surface area contributed by atoms with Crippen LogP contribution in [0.5, 0.6) is 0 Å². The predicted octanol–water partition coefficient (Wildman–Crippen LogP) is 2.04. The quantitative estimate of drug-likeness (QED) is 0.467. The molecule has 1 nitrogen and oxygen atoms in total. The van der Waals surface area contributed by atoms with Gasteiger partial charge in [-0.15, -0.1) is 0 Å². The lowest BCUT2D eigenvalue weighted by Crippen LogP contribution is -2.06. The van der Waals surface area contributed by atoms with E-state index in [0.717, 1.165) is 12.3 Å². The molecule has 0 fully saturated rings. The fraction of sp³-hybridized carbons (Fsp3) is 0.625. The molecule has 0 N–H and O–H groups in total. The van der Waals surface area contributed by atoms with Gasteiger partial charge in [0, 0.05) is 12.8 Å². The molecule has 0 aromatic heterocycles. The van der Waals surface area contributed by atoms with Crippen molar-refractivity contribution in [2.45, 2.75) is 19.8 Å². The van der Waals surface area contributed by atoms with Crippen LogP contribution in [0.2, 0.25) is 0 Å². The Balaban J connectivity index is 2.60. The summed E-state index contributed by atoms with van der Waals surface area (Å²) >= 11 is 0. The molecule has 0 bridgehead atoms. The molecule has 0 aromatic rings. The zero-order valence-electron chi connectivity index (χ0n) is 6.09. The Morgan fingerprint density at radius 2 is 2.44 bits per heavy atom. The van der Waals surface area contributed by atoms with E-state index in [1.807, 2.05) is 7.05 Å². The van der Waals surface area contributed by atoms with Crippen LogP contribution in [0, 0.1) is 5.92 Å². The summed E-state index contributed by atoms with van der Waals surface area (Å²) in [6.07, 6.45) is 6.71. The van der Waals surface area contributed by atoms with Gasteiger partial charge in [-0.25, -0.2) is 0 Å². The topological polar surface area (TPSA) is 12.4 Å². The van der Waals surface area contributed by atoms with E-state index >= 15 is 0 Å². The van der Waals surface area contributed by atoms with Gasteiger partial charge in [-0.05, 0) is 24.8 Å². The first-order chi connectivity index (χ1) is 4.33. The third kappa shape index (κ3) is 1.67. The van der Waals surface area contributed by atoms with Crippen LogP contribution in [0.25, 0.3) is 0 Å². The van der Waals surface area contributed by atoms with E-state index in [2.05, 4.69) is 24.1 Å². The summed E-state index contributed by atoms with van der Waals surface area (Å²) in [6.45, 7) is 2.26. The molecule has 1 heteroatoms. The van der Waals surface area contributed by atoms with Crippen molar-refractivity contribution in [1.29, 1.82) is 0 Å². The second kappa shape index (κ2) is 2.81. The van der Waals surface area contributed by atoms with Gasteiger partial charge in [0.05, 0.1) is 0 Å². The van der Waals surface area contributed by atoms with Crippen LogP contribution < -0.4 is 0 Å². The molecule has 0 saturated heterocycles. The van der Waals surface area contributed by atoms with Crippen LogP contribution in [0.1, 0.15) is 19.8 Å². The molecule has 0 heterocycles. The fourth-order valence-electron chi connectivity index (χ4n) is 1.11. The maximum absolute atomic E-state index is 4.13. The third-order valence-electron chi connectivity index (χ3n) is 1.69. The van der Waals surface area contributed by atoms with Gasteiger partial charge in [0.25, 0.3) is 0 Å². The molecule has 0 aromatic carbocycles. The van der Waals surface area contributed by atoms with Gasteiger partial charge in [-0.3, -0.25) is 4.99 Å². The van der Waals surface area contributed by atoms with Gasteiger partial charge in [0.2, 0.25) is 0 Å². The summed E-state index contributed by atoms with van der Waals surface area (Å²) in [6, 6.07) is 0. The predicted molar refractivity (Wildman–Crippen MR) is 40.9 cm³/mol. The average Bonchev–Trinajstić information content (AvgIpc) is 1.88. The highest BCUT2D eigenvalue weighted by atomic mass is 14.7. The number of allylic oxidation sites excluding steroid dienone is 2. The van der Waals surface area contributed by atoms with Crippen molar-refractivity contribution in [1.82, 2.24) is 0 Å². The van der Waals surface area contributed by atoms with E-state index in [1.165, 1.54) is 12.1 Å². The van der Waals surface area contributed by atoms with Crippen molar-refractivity contribution in [2.24, 2.45) is 10.9 Å². The zero-order chi connectivity index (χ0) is 6.69. The van der Waals surface area contributed by atoms with Crippen LogP contribution in [0.4, 0.5) is 0 Å². The molecule has 0 spiro atoms. The number of aliphatic imine (C=N–C) groups is 1. The molecule has 0 saturated carbocycles. The molecule has 1 atom stereocenters. The van der Waals surface area contributed by atoms with Crippen LogP contribution in [0.3, 0.4) is 0 Å². The van der Waals surface area contributed by atoms with Crippen molar-refractivity contribution < 1.29 is 0 Å². The van der Waals surface area contributed by atoms with E-state index in [4.69, 9.17) is 0 Å². The number of hydrogen-bond acceptors (Lipinski definition) is 1. The Morgan fingerprint density at radius 3 is 2.89 bits per heavy atom. The maximum Gasteiger partial charge on any atom is 0.0344 e. The molecule has 9 heavy (non-hydrogen) atoms. The Kier molecular flexibility index (Phi) is 2.04. The zero-order valence-corrected chi connectivity index (χ0v) is 6.09. The Bertz CT molecular complexity index is 145. The number of rotatable bonds is 0. The fourth-order valence-corrected chi connectivity index (χ4v) is 1.11. The number of nitrogens with zero attached hydrogens (tertiary/aromatic N) is 1. The van der Waals surface area contributed by atoms with Gasteiger partial charge in [0.1, 0.15) is 0 Å². The van der Waals surface area contributed by atoms with E-state index in [9.17, 15) is 0 Å². The highest BCUT2D eigenvalue weighted by Crippen LogP contribution is 2.14. The molecule has 0 radical (unpaired) electrons. The Morgan fingerprint density at radius 1 is 1.67 bits per heavy atom. The molecular weight excluding hydrogens is 110 g/mol. The first-order valence-electron chi connectivity index (χ1n) is 3.45. The molecule has 0 aliphatic heterocycles. The van der Waals surface area contributed by atoms with Crippen LogP contribution in [0.15, 0.2) is 17.1 Å². The molecule has 1 unspecified atom stereocenters. The van der Waals surface area contributed by atoms with E-state index in [1.54, 1.807) is 0 Å². The summed E-state index contributed by atoms with van der Waals surface area (Å²) < 4.78 is 0. The van der Waals surface area contributed by atoms with Gasteiger partial charge in [0.15, 0.2) is 0 Å². The summed E-state index contributed by atoms with van der Waals surface area (Å²) in [5.74, 6) is 0.800. The lowest BCUT2D eigenvalue weighted by atomic mass is 9.95. The monoisotopic (exact) mass is 123 g/mol. The minimum absolute atomic E-state index is 0.800. The first kappa shape index (κ1) is 6.53. The van der Waals surface area contributed by atoms with E-state index in [-0.39, 0.29) is 0 Å². The Labute approximate surface area is 56.5 Å². The summed E-state index contributed by atoms with van der Waals surface area (Å²) in [4.78, 5) is 4.13.